The summed E-state index contributed by atoms with van der Waals surface area (Å²) in [7, 11) is 2.05. The van der Waals surface area contributed by atoms with Crippen LogP contribution in [-0.4, -0.2) is 48.4 Å². The van der Waals surface area contributed by atoms with Crippen LogP contribution in [0, 0.1) is 0 Å². The highest BCUT2D eigenvalue weighted by Crippen LogP contribution is 2.23. The Kier molecular flexibility index (Phi) is 5.22. The summed E-state index contributed by atoms with van der Waals surface area (Å²) in [4.78, 5) is 8.80. The second kappa shape index (κ2) is 7.54. The third-order valence-corrected chi connectivity index (χ3v) is 3.88. The van der Waals surface area contributed by atoms with Crippen LogP contribution in [0.1, 0.15) is 17.3 Å². The molecule has 124 valence electrons. The quantitative estimate of drug-likeness (QED) is 0.851. The fraction of sp³-hybridized carbons (Fsp3) is 0.500. The van der Waals surface area contributed by atoms with E-state index in [1.807, 2.05) is 0 Å². The molecule has 7 nitrogen and oxygen atoms in total. The van der Waals surface area contributed by atoms with Gasteiger partial charge in [0.25, 0.3) is 0 Å². The molecule has 0 saturated carbocycles. The molecule has 0 atom stereocenters. The fourth-order valence-corrected chi connectivity index (χ4v) is 2.78. The number of hydrogen-bond donors (Lipinski definition) is 1. The summed E-state index contributed by atoms with van der Waals surface area (Å²) in [6.07, 6.45) is 0. The van der Waals surface area contributed by atoms with Gasteiger partial charge in [0.2, 0.25) is 5.89 Å². The summed E-state index contributed by atoms with van der Waals surface area (Å²) in [6.45, 7) is 5.16. The zero-order valence-corrected chi connectivity index (χ0v) is 13.4. The Morgan fingerprint density at radius 3 is 2.74 bits per heavy atom. The molecule has 2 aromatic rings. The highest BCUT2D eigenvalue weighted by molar-refractivity contribution is 5.53. The van der Waals surface area contributed by atoms with Crippen LogP contribution in [0.5, 0.6) is 0 Å². The number of ether oxygens (including phenoxy) is 1. The Bertz CT molecular complexity index is 624. The molecular formula is C16H23N5O2. The molecule has 1 aromatic heterocycles. The van der Waals surface area contributed by atoms with Crippen LogP contribution in [-0.2, 0) is 24.4 Å². The standard InChI is InChI=1S/C16H23N5O2/c1-20(12-15-18-16(10-17)23-19-15)11-13-4-2-3-5-14(13)21-6-8-22-9-7-21/h2-5H,6-12,17H2,1H3. The Balaban J connectivity index is 1.66. The molecule has 1 aromatic carbocycles. The second-order valence-electron chi connectivity index (χ2n) is 5.71. The molecule has 7 heteroatoms. The molecule has 2 heterocycles. The molecule has 3 rings (SSSR count). The number of aromatic nitrogens is 2. The monoisotopic (exact) mass is 317 g/mol. The number of morpholine rings is 1. The Morgan fingerprint density at radius 2 is 2.00 bits per heavy atom. The summed E-state index contributed by atoms with van der Waals surface area (Å²) < 4.78 is 10.5. The lowest BCUT2D eigenvalue weighted by atomic mass is 10.1. The molecular weight excluding hydrogens is 294 g/mol. The van der Waals surface area contributed by atoms with E-state index < -0.39 is 0 Å². The maximum absolute atomic E-state index is 5.49. The first-order valence-electron chi connectivity index (χ1n) is 7.87. The van der Waals surface area contributed by atoms with Crippen molar-refractivity contribution in [2.24, 2.45) is 5.73 Å². The van der Waals surface area contributed by atoms with Gasteiger partial charge in [-0.2, -0.15) is 4.98 Å². The van der Waals surface area contributed by atoms with Gasteiger partial charge in [-0.25, -0.2) is 0 Å². The van der Waals surface area contributed by atoms with Crippen LogP contribution >= 0.6 is 0 Å². The van der Waals surface area contributed by atoms with E-state index in [4.69, 9.17) is 15.0 Å². The topological polar surface area (TPSA) is 80.7 Å². The Labute approximate surface area is 136 Å². The first-order chi connectivity index (χ1) is 11.3. The number of rotatable bonds is 6. The average molecular weight is 317 g/mol. The van der Waals surface area contributed by atoms with Gasteiger partial charge in [0, 0.05) is 25.3 Å². The molecule has 0 spiro atoms. The van der Waals surface area contributed by atoms with Crippen molar-refractivity contribution in [3.05, 3.63) is 41.5 Å². The van der Waals surface area contributed by atoms with E-state index in [0.717, 1.165) is 32.8 Å². The van der Waals surface area contributed by atoms with Crippen molar-refractivity contribution in [3.63, 3.8) is 0 Å². The number of nitrogens with two attached hydrogens (primary N) is 1. The minimum absolute atomic E-state index is 0.274. The van der Waals surface area contributed by atoms with E-state index in [0.29, 0.717) is 18.3 Å². The van der Waals surface area contributed by atoms with E-state index in [1.165, 1.54) is 11.3 Å². The van der Waals surface area contributed by atoms with Crippen molar-refractivity contribution in [2.45, 2.75) is 19.6 Å². The van der Waals surface area contributed by atoms with Crippen molar-refractivity contribution in [1.82, 2.24) is 15.0 Å². The number of nitrogens with zero attached hydrogens (tertiary/aromatic N) is 4. The summed E-state index contributed by atoms with van der Waals surface area (Å²) in [5, 5.41) is 3.95. The molecule has 2 N–H and O–H groups in total. The molecule has 0 unspecified atom stereocenters. The zero-order chi connectivity index (χ0) is 16.1. The highest BCUT2D eigenvalue weighted by atomic mass is 16.5. The summed E-state index contributed by atoms with van der Waals surface area (Å²) in [5.74, 6) is 1.14. The molecule has 0 bridgehead atoms. The SMILES string of the molecule is CN(Cc1noc(CN)n1)Cc1ccccc1N1CCOCC1. The first kappa shape index (κ1) is 15.9. The first-order valence-corrected chi connectivity index (χ1v) is 7.87. The van der Waals surface area contributed by atoms with Crippen LogP contribution in [0.4, 0.5) is 5.69 Å². The van der Waals surface area contributed by atoms with E-state index in [2.05, 4.69) is 51.3 Å². The number of anilines is 1. The average Bonchev–Trinajstić information content (AvgIpc) is 3.03. The van der Waals surface area contributed by atoms with Crippen molar-refractivity contribution < 1.29 is 9.26 Å². The van der Waals surface area contributed by atoms with Gasteiger partial charge in [-0.15, -0.1) is 0 Å². The smallest absolute Gasteiger partial charge is 0.240 e. The molecule has 23 heavy (non-hydrogen) atoms. The Morgan fingerprint density at radius 1 is 1.22 bits per heavy atom. The van der Waals surface area contributed by atoms with Gasteiger partial charge in [-0.3, -0.25) is 4.90 Å². The lowest BCUT2D eigenvalue weighted by Gasteiger charge is -2.31. The van der Waals surface area contributed by atoms with Gasteiger partial charge in [-0.1, -0.05) is 23.4 Å². The van der Waals surface area contributed by atoms with Gasteiger partial charge in [0.15, 0.2) is 5.82 Å². The van der Waals surface area contributed by atoms with Gasteiger partial charge in [0.1, 0.15) is 0 Å². The van der Waals surface area contributed by atoms with Crippen LogP contribution in [0.15, 0.2) is 28.8 Å². The van der Waals surface area contributed by atoms with Gasteiger partial charge < -0.3 is 19.9 Å². The second-order valence-corrected chi connectivity index (χ2v) is 5.71. The minimum Gasteiger partial charge on any atom is -0.378 e. The molecule has 0 amide bonds. The van der Waals surface area contributed by atoms with E-state index in [1.54, 1.807) is 0 Å². The van der Waals surface area contributed by atoms with Crippen molar-refractivity contribution in [1.29, 1.82) is 0 Å². The lowest BCUT2D eigenvalue weighted by Crippen LogP contribution is -2.37. The number of hydrogen-bond acceptors (Lipinski definition) is 7. The van der Waals surface area contributed by atoms with Gasteiger partial charge >= 0.3 is 0 Å². The minimum atomic E-state index is 0.274. The predicted molar refractivity (Wildman–Crippen MR) is 86.8 cm³/mol. The van der Waals surface area contributed by atoms with E-state index in [-0.39, 0.29) is 6.54 Å². The number of para-hydroxylation sites is 1. The summed E-state index contributed by atoms with van der Waals surface area (Å²) in [5.41, 5.74) is 8.06. The van der Waals surface area contributed by atoms with E-state index >= 15 is 0 Å². The predicted octanol–water partition coefficient (Wildman–Crippen LogP) is 0.997. The third-order valence-electron chi connectivity index (χ3n) is 3.88. The van der Waals surface area contributed by atoms with E-state index in [9.17, 15) is 0 Å². The van der Waals surface area contributed by atoms with Crippen LogP contribution in [0.25, 0.3) is 0 Å². The highest BCUT2D eigenvalue weighted by Gasteiger charge is 2.16. The summed E-state index contributed by atoms with van der Waals surface area (Å²) >= 11 is 0. The molecule has 1 saturated heterocycles. The zero-order valence-electron chi connectivity index (χ0n) is 13.4. The van der Waals surface area contributed by atoms with Crippen molar-refractivity contribution in [3.8, 4) is 0 Å². The fourth-order valence-electron chi connectivity index (χ4n) is 2.78. The van der Waals surface area contributed by atoms with Crippen molar-refractivity contribution in [2.75, 3.05) is 38.3 Å². The summed E-state index contributed by atoms with van der Waals surface area (Å²) in [6, 6.07) is 8.51. The largest absolute Gasteiger partial charge is 0.378 e. The van der Waals surface area contributed by atoms with Gasteiger partial charge in [-0.05, 0) is 18.7 Å². The molecule has 1 aliphatic rings. The molecule has 1 fully saturated rings. The molecule has 1 aliphatic heterocycles. The maximum Gasteiger partial charge on any atom is 0.240 e. The third kappa shape index (κ3) is 4.07. The molecule has 0 aliphatic carbocycles. The normalized spacial score (nSPS) is 15.3. The molecule has 0 radical (unpaired) electrons. The van der Waals surface area contributed by atoms with Crippen LogP contribution in [0.2, 0.25) is 0 Å². The lowest BCUT2D eigenvalue weighted by molar-refractivity contribution is 0.122. The Hall–Kier alpha value is -1.96. The maximum atomic E-state index is 5.49. The van der Waals surface area contributed by atoms with Gasteiger partial charge in [0.05, 0.1) is 26.3 Å². The van der Waals surface area contributed by atoms with Crippen molar-refractivity contribution >= 4 is 5.69 Å². The van der Waals surface area contributed by atoms with Crippen LogP contribution < -0.4 is 10.6 Å². The van der Waals surface area contributed by atoms with Crippen LogP contribution in [0.3, 0.4) is 0 Å². The number of benzene rings is 1.